The van der Waals surface area contributed by atoms with E-state index >= 15 is 0 Å². The number of aryl methyl sites for hydroxylation is 2. The summed E-state index contributed by atoms with van der Waals surface area (Å²) in [7, 11) is 0. The van der Waals surface area contributed by atoms with Gasteiger partial charge in [0.25, 0.3) is 11.5 Å². The van der Waals surface area contributed by atoms with Crippen molar-refractivity contribution in [3.63, 3.8) is 0 Å². The summed E-state index contributed by atoms with van der Waals surface area (Å²) in [4.78, 5) is 47.2. The Kier molecular flexibility index (Phi) is 5.67. The number of thiophene rings is 1. The summed E-state index contributed by atoms with van der Waals surface area (Å²) in [5.41, 5.74) is 2.71. The summed E-state index contributed by atoms with van der Waals surface area (Å²) in [5, 5.41) is 3.49. The van der Waals surface area contributed by atoms with Crippen LogP contribution in [0.25, 0.3) is 10.2 Å². The van der Waals surface area contributed by atoms with Crippen LogP contribution in [0, 0.1) is 19.8 Å². The number of aromatic nitrogens is 2. The number of nitrogens with one attached hydrogen (secondary N) is 2. The molecule has 4 rings (SSSR count). The Labute approximate surface area is 178 Å². The van der Waals surface area contributed by atoms with E-state index in [1.807, 2.05) is 31.2 Å². The third-order valence-corrected chi connectivity index (χ3v) is 6.86. The van der Waals surface area contributed by atoms with Gasteiger partial charge in [0.1, 0.15) is 4.83 Å². The van der Waals surface area contributed by atoms with Crippen LogP contribution in [0.5, 0.6) is 0 Å². The van der Waals surface area contributed by atoms with Crippen LogP contribution in [0.1, 0.15) is 39.2 Å². The van der Waals surface area contributed by atoms with E-state index in [9.17, 15) is 14.4 Å². The van der Waals surface area contributed by atoms with Crippen LogP contribution in [0.15, 0.2) is 35.4 Å². The Morgan fingerprint density at radius 2 is 1.90 bits per heavy atom. The molecule has 7 nitrogen and oxygen atoms in total. The highest BCUT2D eigenvalue weighted by Crippen LogP contribution is 2.29. The third kappa shape index (κ3) is 4.00. The van der Waals surface area contributed by atoms with Gasteiger partial charge in [-0.25, -0.2) is 4.98 Å². The Morgan fingerprint density at radius 1 is 1.20 bits per heavy atom. The van der Waals surface area contributed by atoms with Gasteiger partial charge in [0.15, 0.2) is 0 Å². The number of likely N-dealkylation sites (tertiary alicyclic amines) is 1. The molecule has 0 unspecified atom stereocenters. The number of amides is 2. The van der Waals surface area contributed by atoms with Crippen LogP contribution in [0.3, 0.4) is 0 Å². The zero-order valence-corrected chi connectivity index (χ0v) is 17.8. The zero-order chi connectivity index (χ0) is 21.3. The van der Waals surface area contributed by atoms with Crippen molar-refractivity contribution in [1.82, 2.24) is 20.2 Å². The number of hydrogen-bond acceptors (Lipinski definition) is 5. The molecule has 0 aliphatic carbocycles. The fourth-order valence-corrected chi connectivity index (χ4v) is 4.93. The average Bonchev–Trinajstić information content (AvgIpc) is 3.10. The maximum absolute atomic E-state index is 13.0. The van der Waals surface area contributed by atoms with E-state index in [2.05, 4.69) is 15.3 Å². The predicted molar refractivity (Wildman–Crippen MR) is 117 cm³/mol. The number of carbonyl (C=O) groups is 2. The van der Waals surface area contributed by atoms with Crippen molar-refractivity contribution in [3.05, 3.63) is 62.5 Å². The highest BCUT2D eigenvalue weighted by Gasteiger charge is 2.29. The van der Waals surface area contributed by atoms with E-state index < -0.39 is 0 Å². The van der Waals surface area contributed by atoms with Crippen molar-refractivity contribution in [3.8, 4) is 0 Å². The lowest BCUT2D eigenvalue weighted by Gasteiger charge is -2.31. The molecule has 1 aliphatic heterocycles. The van der Waals surface area contributed by atoms with Crippen molar-refractivity contribution >= 4 is 33.4 Å². The molecule has 0 saturated carbocycles. The van der Waals surface area contributed by atoms with Gasteiger partial charge in [-0.3, -0.25) is 14.4 Å². The number of rotatable bonds is 4. The van der Waals surface area contributed by atoms with Crippen molar-refractivity contribution in [2.45, 2.75) is 33.2 Å². The lowest BCUT2D eigenvalue weighted by atomic mass is 9.95. The molecule has 1 aromatic carbocycles. The molecule has 0 atom stereocenters. The van der Waals surface area contributed by atoms with E-state index in [0.717, 1.165) is 5.56 Å². The number of benzene rings is 1. The summed E-state index contributed by atoms with van der Waals surface area (Å²) < 4.78 is 0. The van der Waals surface area contributed by atoms with Crippen molar-refractivity contribution in [1.29, 1.82) is 0 Å². The molecule has 1 saturated heterocycles. The number of fused-ring (bicyclic) bond motifs is 1. The summed E-state index contributed by atoms with van der Waals surface area (Å²) in [5.74, 6) is -0.141. The fraction of sp³-hybridized carbons (Fsp3) is 0.364. The van der Waals surface area contributed by atoms with Crippen molar-refractivity contribution < 1.29 is 9.59 Å². The summed E-state index contributed by atoms with van der Waals surface area (Å²) in [6, 6.07) is 8.10. The summed E-state index contributed by atoms with van der Waals surface area (Å²) in [6.45, 7) is 5.39. The van der Waals surface area contributed by atoms with Gasteiger partial charge in [-0.05, 0) is 37.8 Å². The van der Waals surface area contributed by atoms with Gasteiger partial charge in [-0.2, -0.15) is 0 Å². The second-order valence-electron chi connectivity index (χ2n) is 7.74. The quantitative estimate of drug-likeness (QED) is 0.673. The highest BCUT2D eigenvalue weighted by molar-refractivity contribution is 7.20. The topological polar surface area (TPSA) is 95.2 Å². The molecule has 2 N–H and O–H groups in total. The summed E-state index contributed by atoms with van der Waals surface area (Å²) >= 11 is 1.25. The number of piperidine rings is 1. The van der Waals surface area contributed by atoms with Gasteiger partial charge in [-0.1, -0.05) is 29.8 Å². The van der Waals surface area contributed by atoms with Gasteiger partial charge >= 0.3 is 0 Å². The molecular formula is C22H24N4O3S. The lowest BCUT2D eigenvalue weighted by molar-refractivity contribution is -0.126. The molecule has 2 amide bonds. The van der Waals surface area contributed by atoms with E-state index in [0.29, 0.717) is 53.1 Å². The minimum absolute atomic E-state index is 0.0384. The van der Waals surface area contributed by atoms with Gasteiger partial charge < -0.3 is 15.2 Å². The van der Waals surface area contributed by atoms with Crippen LogP contribution in [-0.4, -0.2) is 39.8 Å². The number of hydrogen-bond donors (Lipinski definition) is 2. The molecule has 1 aliphatic rings. The smallest absolute Gasteiger partial charge is 0.264 e. The summed E-state index contributed by atoms with van der Waals surface area (Å²) in [6.07, 6.45) is 2.62. The minimum Gasteiger partial charge on any atom is -0.352 e. The van der Waals surface area contributed by atoms with Crippen molar-refractivity contribution in [2.75, 3.05) is 13.1 Å². The van der Waals surface area contributed by atoms with Gasteiger partial charge in [0, 0.05) is 25.6 Å². The number of carbonyl (C=O) groups excluding carboxylic acids is 2. The van der Waals surface area contributed by atoms with Crippen LogP contribution < -0.4 is 10.9 Å². The predicted octanol–water partition coefficient (Wildman–Crippen LogP) is 2.77. The molecule has 3 aromatic rings. The minimum atomic E-state index is -0.225. The van der Waals surface area contributed by atoms with Crippen LogP contribution in [0.4, 0.5) is 0 Å². The fourth-order valence-electron chi connectivity index (χ4n) is 3.81. The number of aromatic amines is 1. The standard InChI is InChI=1S/C22H24N4O3S/c1-13-3-5-15(6-4-13)11-23-19(27)16-7-9-26(10-8-16)22(29)18-14(2)17-20(28)24-12-25-21(17)30-18/h3-6,12,16H,7-11H2,1-2H3,(H,23,27)(H,24,25,28). The average molecular weight is 425 g/mol. The number of nitrogens with zero attached hydrogens (tertiary/aromatic N) is 2. The second-order valence-corrected chi connectivity index (χ2v) is 8.74. The maximum Gasteiger partial charge on any atom is 0.264 e. The first kappa shape index (κ1) is 20.3. The molecule has 156 valence electrons. The second kappa shape index (κ2) is 8.39. The Balaban J connectivity index is 1.36. The van der Waals surface area contributed by atoms with Crippen LogP contribution >= 0.6 is 11.3 Å². The molecule has 3 heterocycles. The first-order chi connectivity index (χ1) is 14.4. The zero-order valence-electron chi connectivity index (χ0n) is 17.0. The Hall–Kier alpha value is -3.00. The molecule has 0 bridgehead atoms. The van der Waals surface area contributed by atoms with E-state index in [1.54, 1.807) is 11.8 Å². The van der Waals surface area contributed by atoms with Gasteiger partial charge in [0.05, 0.1) is 16.6 Å². The van der Waals surface area contributed by atoms with E-state index in [-0.39, 0.29) is 23.3 Å². The first-order valence-electron chi connectivity index (χ1n) is 10.0. The van der Waals surface area contributed by atoms with Crippen molar-refractivity contribution in [2.24, 2.45) is 5.92 Å². The normalized spacial score (nSPS) is 14.8. The molecular weight excluding hydrogens is 400 g/mol. The van der Waals surface area contributed by atoms with E-state index in [4.69, 9.17) is 0 Å². The van der Waals surface area contributed by atoms with Gasteiger partial charge in [0.2, 0.25) is 5.91 Å². The highest BCUT2D eigenvalue weighted by atomic mass is 32.1. The SMILES string of the molecule is Cc1ccc(CNC(=O)C2CCN(C(=O)c3sc4nc[nH]c(=O)c4c3C)CC2)cc1. The molecule has 1 fully saturated rings. The lowest BCUT2D eigenvalue weighted by Crippen LogP contribution is -2.42. The molecule has 2 aromatic heterocycles. The molecule has 0 radical (unpaired) electrons. The number of H-pyrrole nitrogens is 1. The Bertz CT molecular complexity index is 1140. The Morgan fingerprint density at radius 3 is 2.57 bits per heavy atom. The van der Waals surface area contributed by atoms with Crippen LogP contribution in [0.2, 0.25) is 0 Å². The van der Waals surface area contributed by atoms with Crippen LogP contribution in [-0.2, 0) is 11.3 Å². The first-order valence-corrected chi connectivity index (χ1v) is 10.8. The third-order valence-electron chi connectivity index (χ3n) is 5.67. The largest absolute Gasteiger partial charge is 0.352 e. The van der Waals surface area contributed by atoms with Gasteiger partial charge in [-0.15, -0.1) is 11.3 Å². The van der Waals surface area contributed by atoms with E-state index in [1.165, 1.54) is 23.2 Å². The maximum atomic E-state index is 13.0. The molecule has 30 heavy (non-hydrogen) atoms. The molecule has 0 spiro atoms. The molecule has 8 heteroatoms. The monoisotopic (exact) mass is 424 g/mol.